The van der Waals surface area contributed by atoms with Crippen LogP contribution in [0.15, 0.2) is 0 Å². The minimum atomic E-state index is -1.60. The lowest BCUT2D eigenvalue weighted by atomic mass is 9.84. The zero-order chi connectivity index (χ0) is 31.0. The first kappa shape index (κ1) is 34.1. The van der Waals surface area contributed by atoms with Gasteiger partial charge in [0.2, 0.25) is 0 Å². The van der Waals surface area contributed by atoms with Gasteiger partial charge in [0.15, 0.2) is 18.9 Å². The fourth-order valence-electron chi connectivity index (χ4n) is 5.74. The number of hydrogen-bond donors (Lipinski definition) is 13. The van der Waals surface area contributed by atoms with Gasteiger partial charge in [-0.1, -0.05) is 0 Å². The summed E-state index contributed by atoms with van der Waals surface area (Å²) in [6.45, 7) is -0.967. The summed E-state index contributed by atoms with van der Waals surface area (Å²) >= 11 is 0. The first-order valence-electron chi connectivity index (χ1n) is 13.9. The molecule has 0 aromatic heterocycles. The standard InChI is InChI=1S/C23H46N6O13/c24-2-7-13(32)15(34)10(28)21(37-7)40-18-6(27)1-5(26)12(31)20(18)42-23-17(36)19(9(4-30)39-23)41-22-11(29)16(35)14(33)8(3-25)38-22/h5-23,30-36H,1-4,24-29H2/t5-,6-,7+,8+,9-,10-,11-,12+,13-,14-,15+,16+,17-,18-,19-,20-,21-,22-,23+/m1/s1. The van der Waals surface area contributed by atoms with E-state index in [2.05, 4.69) is 0 Å². The van der Waals surface area contributed by atoms with Gasteiger partial charge in [0.1, 0.15) is 67.1 Å². The quantitative estimate of drug-likeness (QED) is 0.115. The van der Waals surface area contributed by atoms with Crippen molar-refractivity contribution >= 4 is 0 Å². The minimum Gasteiger partial charge on any atom is -0.394 e. The fourth-order valence-corrected chi connectivity index (χ4v) is 5.74. The average Bonchev–Trinajstić information content (AvgIpc) is 3.27. The van der Waals surface area contributed by atoms with E-state index < -0.39 is 123 Å². The molecule has 1 saturated carbocycles. The summed E-state index contributed by atoms with van der Waals surface area (Å²) in [5.74, 6) is 0. The topological polar surface area (TPSA) is 353 Å². The maximum atomic E-state index is 11.1. The highest BCUT2D eigenvalue weighted by Crippen LogP contribution is 2.34. The maximum Gasteiger partial charge on any atom is 0.187 e. The van der Waals surface area contributed by atoms with E-state index in [0.29, 0.717) is 0 Å². The molecular weight excluding hydrogens is 568 g/mol. The number of hydrogen-bond acceptors (Lipinski definition) is 19. The van der Waals surface area contributed by atoms with Crippen LogP contribution in [0.3, 0.4) is 0 Å². The van der Waals surface area contributed by atoms with Crippen molar-refractivity contribution in [2.24, 2.45) is 34.4 Å². The molecule has 42 heavy (non-hydrogen) atoms. The van der Waals surface area contributed by atoms with E-state index in [1.807, 2.05) is 0 Å². The normalized spacial score (nSPS) is 53.8. The number of rotatable bonds is 9. The molecule has 4 aliphatic rings. The molecular formula is C23H46N6O13. The van der Waals surface area contributed by atoms with Crippen LogP contribution in [0, 0.1) is 0 Å². The van der Waals surface area contributed by atoms with E-state index in [0.717, 1.165) is 0 Å². The second-order valence-corrected chi connectivity index (χ2v) is 11.2. The van der Waals surface area contributed by atoms with Gasteiger partial charge >= 0.3 is 0 Å². The van der Waals surface area contributed by atoms with Crippen LogP contribution in [0.4, 0.5) is 0 Å². The molecule has 19 atom stereocenters. The Morgan fingerprint density at radius 1 is 0.524 bits per heavy atom. The van der Waals surface area contributed by atoms with Crippen LogP contribution in [0.1, 0.15) is 6.42 Å². The SMILES string of the molecule is NC[C@@H]1O[C@H](O[C@H]2[C@H](O[C@@H]3O[C@H](CO)[C@@H](O[C@H]4O[C@@H](CN)[C@@H](O)[C@@H](O)[C@H]4N)[C@H]3O)[C@@H](O)[C@H](N)C[C@H]2N)[C@H](N)[C@H](O)[C@@H]1O. The third kappa shape index (κ3) is 6.60. The van der Waals surface area contributed by atoms with Crippen LogP contribution in [-0.2, 0) is 28.4 Å². The third-order valence-electron chi connectivity index (χ3n) is 8.37. The van der Waals surface area contributed by atoms with Gasteiger partial charge < -0.3 is 98.6 Å². The van der Waals surface area contributed by atoms with Crippen LogP contribution in [-0.4, -0.2) is 172 Å². The summed E-state index contributed by atoms with van der Waals surface area (Å²) in [5, 5.41) is 73.0. The number of ether oxygens (including phenoxy) is 6. The van der Waals surface area contributed by atoms with E-state index in [-0.39, 0.29) is 19.5 Å². The highest BCUT2D eigenvalue weighted by molar-refractivity contribution is 5.02. The zero-order valence-corrected chi connectivity index (χ0v) is 22.8. The molecule has 4 fully saturated rings. The summed E-state index contributed by atoms with van der Waals surface area (Å²) in [6.07, 6.45) is -19.8. The molecule has 0 amide bonds. The van der Waals surface area contributed by atoms with Crippen molar-refractivity contribution in [1.82, 2.24) is 0 Å². The van der Waals surface area contributed by atoms with Crippen molar-refractivity contribution < 1.29 is 64.2 Å². The van der Waals surface area contributed by atoms with E-state index in [1.165, 1.54) is 0 Å². The van der Waals surface area contributed by atoms with E-state index in [9.17, 15) is 35.7 Å². The van der Waals surface area contributed by atoms with Gasteiger partial charge in [0, 0.05) is 25.2 Å². The van der Waals surface area contributed by atoms with Crippen molar-refractivity contribution in [2.45, 2.75) is 123 Å². The second-order valence-electron chi connectivity index (χ2n) is 11.2. The Bertz CT molecular complexity index is 868. The van der Waals surface area contributed by atoms with Crippen LogP contribution in [0.5, 0.6) is 0 Å². The lowest BCUT2D eigenvalue weighted by molar-refractivity contribution is -0.306. The summed E-state index contributed by atoms with van der Waals surface area (Å²) in [5.41, 5.74) is 35.6. The third-order valence-corrected chi connectivity index (χ3v) is 8.37. The van der Waals surface area contributed by atoms with Gasteiger partial charge in [-0.2, -0.15) is 0 Å². The van der Waals surface area contributed by atoms with Crippen molar-refractivity contribution in [1.29, 1.82) is 0 Å². The highest BCUT2D eigenvalue weighted by atomic mass is 16.8. The Labute approximate surface area is 241 Å². The lowest BCUT2D eigenvalue weighted by Crippen LogP contribution is -2.68. The predicted octanol–water partition coefficient (Wildman–Crippen LogP) is -8.90. The Balaban J connectivity index is 1.50. The van der Waals surface area contributed by atoms with Gasteiger partial charge in [-0.25, -0.2) is 0 Å². The fraction of sp³-hybridized carbons (Fsp3) is 1.00. The van der Waals surface area contributed by atoms with Crippen LogP contribution >= 0.6 is 0 Å². The van der Waals surface area contributed by atoms with E-state index >= 15 is 0 Å². The van der Waals surface area contributed by atoms with Crippen molar-refractivity contribution in [3.63, 3.8) is 0 Å². The van der Waals surface area contributed by atoms with Crippen LogP contribution < -0.4 is 34.4 Å². The Kier molecular flexibility index (Phi) is 11.5. The Morgan fingerprint density at radius 2 is 0.976 bits per heavy atom. The smallest absolute Gasteiger partial charge is 0.187 e. The summed E-state index contributed by atoms with van der Waals surface area (Å²) < 4.78 is 34.6. The molecule has 19 nitrogen and oxygen atoms in total. The molecule has 19 heteroatoms. The zero-order valence-electron chi connectivity index (χ0n) is 22.8. The molecule has 0 radical (unpaired) electrons. The highest BCUT2D eigenvalue weighted by Gasteiger charge is 2.54. The molecule has 1 aliphatic carbocycles. The molecule has 0 spiro atoms. The molecule has 4 rings (SSSR count). The average molecular weight is 615 g/mol. The Hall–Kier alpha value is -0.760. The molecule has 3 heterocycles. The molecule has 0 bridgehead atoms. The largest absolute Gasteiger partial charge is 0.394 e. The predicted molar refractivity (Wildman–Crippen MR) is 138 cm³/mol. The number of nitrogens with two attached hydrogens (primary N) is 6. The van der Waals surface area contributed by atoms with Gasteiger partial charge in [0.25, 0.3) is 0 Å². The molecule has 3 saturated heterocycles. The lowest BCUT2D eigenvalue weighted by Gasteiger charge is -2.47. The van der Waals surface area contributed by atoms with E-state index in [1.54, 1.807) is 0 Å². The van der Waals surface area contributed by atoms with Gasteiger partial charge in [-0.05, 0) is 6.42 Å². The number of aliphatic hydroxyl groups is 7. The molecule has 0 aromatic rings. The monoisotopic (exact) mass is 614 g/mol. The first-order chi connectivity index (χ1) is 19.8. The maximum absolute atomic E-state index is 11.1. The van der Waals surface area contributed by atoms with Crippen LogP contribution in [0.25, 0.3) is 0 Å². The van der Waals surface area contributed by atoms with Crippen molar-refractivity contribution in [2.75, 3.05) is 19.7 Å². The van der Waals surface area contributed by atoms with Crippen molar-refractivity contribution in [3.05, 3.63) is 0 Å². The number of aliphatic hydroxyl groups excluding tert-OH is 7. The molecule has 0 aromatic carbocycles. The summed E-state index contributed by atoms with van der Waals surface area (Å²) in [4.78, 5) is 0. The van der Waals surface area contributed by atoms with Crippen LogP contribution in [0.2, 0.25) is 0 Å². The van der Waals surface area contributed by atoms with Gasteiger partial charge in [-0.15, -0.1) is 0 Å². The van der Waals surface area contributed by atoms with Gasteiger partial charge in [0.05, 0.1) is 24.8 Å². The van der Waals surface area contributed by atoms with Gasteiger partial charge in [-0.3, -0.25) is 0 Å². The van der Waals surface area contributed by atoms with E-state index in [4.69, 9.17) is 62.8 Å². The molecule has 0 unspecified atom stereocenters. The molecule has 246 valence electrons. The second kappa shape index (κ2) is 14.1. The first-order valence-corrected chi connectivity index (χ1v) is 13.9. The molecule has 3 aliphatic heterocycles. The minimum absolute atomic E-state index is 0.0889. The van der Waals surface area contributed by atoms with Crippen molar-refractivity contribution in [3.8, 4) is 0 Å². The summed E-state index contributed by atoms with van der Waals surface area (Å²) in [6, 6.07) is -4.18. The summed E-state index contributed by atoms with van der Waals surface area (Å²) in [7, 11) is 0. The Morgan fingerprint density at radius 3 is 1.45 bits per heavy atom. The molecule has 19 N–H and O–H groups in total.